The molecule has 1 fully saturated rings. The summed E-state index contributed by atoms with van der Waals surface area (Å²) in [5.74, 6) is 0. The van der Waals surface area contributed by atoms with Crippen LogP contribution in [-0.4, -0.2) is 64.9 Å². The molecule has 5 N–H and O–H groups in total. The van der Waals surface area contributed by atoms with Crippen molar-refractivity contribution in [3.05, 3.63) is 0 Å². The van der Waals surface area contributed by atoms with Crippen molar-refractivity contribution < 1.29 is 13.1 Å². The van der Waals surface area contributed by atoms with Crippen LogP contribution in [0.25, 0.3) is 0 Å². The molecule has 0 spiro atoms. The van der Waals surface area contributed by atoms with Gasteiger partial charge in [-0.2, -0.15) is 0 Å². The van der Waals surface area contributed by atoms with E-state index in [1.807, 2.05) is 0 Å². The van der Waals surface area contributed by atoms with Crippen molar-refractivity contribution in [2.45, 2.75) is 13.0 Å². The average Bonchev–Trinajstić information content (AvgIpc) is 2.40. The van der Waals surface area contributed by atoms with Crippen LogP contribution in [0.2, 0.25) is 0 Å². The van der Waals surface area contributed by atoms with Gasteiger partial charge in [0.25, 0.3) is 0 Å². The van der Waals surface area contributed by atoms with Crippen molar-refractivity contribution in [3.63, 3.8) is 0 Å². The number of hydrogen-bond acceptors (Lipinski definition) is 5. The summed E-state index contributed by atoms with van der Waals surface area (Å²) in [6.07, 6.45) is 0. The number of nitrogens with one attached hydrogen (secondary N) is 5. The summed E-state index contributed by atoms with van der Waals surface area (Å²) in [7, 11) is 9.59. The zero-order valence-corrected chi connectivity index (χ0v) is 14.3. The Morgan fingerprint density at radius 1 is 0.737 bits per heavy atom. The summed E-state index contributed by atoms with van der Waals surface area (Å²) in [5, 5.41) is 17.1. The Labute approximate surface area is 131 Å². The van der Waals surface area contributed by atoms with Gasteiger partial charge in [0.2, 0.25) is 0 Å². The Kier molecular flexibility index (Phi) is 17.8. The Hall–Kier alpha value is 0.899. The monoisotopic (exact) mass is 354 g/mol. The second-order valence-electron chi connectivity index (χ2n) is 4.36. The zero-order chi connectivity index (χ0) is 14.2. The van der Waals surface area contributed by atoms with Gasteiger partial charge in [0.1, 0.15) is 0 Å². The Balaban J connectivity index is 0.000000982. The molecule has 1 rings (SSSR count). The first kappa shape index (κ1) is 19.9. The third-order valence-corrected chi connectivity index (χ3v) is 2.68. The first-order valence-corrected chi connectivity index (χ1v) is 9.99. The SMILES string of the molecule is CC1CNCCNCCNCCNCCN1.[Cl][Mn][Cl]. The molecule has 0 saturated carbocycles. The third-order valence-electron chi connectivity index (χ3n) is 2.68. The van der Waals surface area contributed by atoms with Crippen molar-refractivity contribution >= 4 is 20.2 Å². The van der Waals surface area contributed by atoms with Crippen molar-refractivity contribution in [2.24, 2.45) is 0 Å². The van der Waals surface area contributed by atoms with Gasteiger partial charge in [0.15, 0.2) is 0 Å². The minimum absolute atomic E-state index is 0.00694. The van der Waals surface area contributed by atoms with E-state index in [4.69, 9.17) is 20.2 Å². The minimum atomic E-state index is 0.00694. The molecule has 0 radical (unpaired) electrons. The fourth-order valence-corrected chi connectivity index (χ4v) is 1.70. The molecule has 5 nitrogen and oxygen atoms in total. The molecule has 1 saturated heterocycles. The van der Waals surface area contributed by atoms with Crippen molar-refractivity contribution in [2.75, 3.05) is 58.9 Å². The second-order valence-corrected chi connectivity index (χ2v) is 6.31. The maximum atomic E-state index is 4.80. The van der Waals surface area contributed by atoms with Crippen LogP contribution >= 0.6 is 20.2 Å². The van der Waals surface area contributed by atoms with E-state index in [-0.39, 0.29) is 13.1 Å². The standard InChI is InChI=1S/C11H27N5.2ClH.Mn/c1-11-10-15-7-6-13-3-2-12-4-5-14-8-9-16-11;;;/h11-16H,2-10H2,1H3;2*1H;/q;;;+2/p-2. The zero-order valence-electron chi connectivity index (χ0n) is 11.6. The van der Waals surface area contributed by atoms with Crippen molar-refractivity contribution in [1.82, 2.24) is 26.6 Å². The molecule has 1 atom stereocenters. The first-order chi connectivity index (χ1) is 9.31. The van der Waals surface area contributed by atoms with E-state index in [1.54, 1.807) is 0 Å². The molecule has 0 aliphatic carbocycles. The molecule has 1 aliphatic rings. The van der Waals surface area contributed by atoms with Gasteiger partial charge in [-0.05, 0) is 6.92 Å². The van der Waals surface area contributed by atoms with Crippen LogP contribution in [0.1, 0.15) is 6.92 Å². The maximum absolute atomic E-state index is 4.80. The van der Waals surface area contributed by atoms with Crippen LogP contribution in [-0.2, 0) is 13.1 Å². The summed E-state index contributed by atoms with van der Waals surface area (Å²) < 4.78 is 0. The van der Waals surface area contributed by atoms with Crippen molar-refractivity contribution in [1.29, 1.82) is 0 Å². The number of hydrogen-bond donors (Lipinski definition) is 5. The van der Waals surface area contributed by atoms with Crippen LogP contribution in [0.15, 0.2) is 0 Å². The molecular weight excluding hydrogens is 328 g/mol. The fraction of sp³-hybridized carbons (Fsp3) is 1.00. The second kappa shape index (κ2) is 17.0. The summed E-state index contributed by atoms with van der Waals surface area (Å²) in [6.45, 7) is 11.7. The molecule has 19 heavy (non-hydrogen) atoms. The quantitative estimate of drug-likeness (QED) is 0.387. The average molecular weight is 355 g/mol. The van der Waals surface area contributed by atoms with Gasteiger partial charge in [0, 0.05) is 64.9 Å². The Morgan fingerprint density at radius 3 is 1.58 bits per heavy atom. The summed E-state index contributed by atoms with van der Waals surface area (Å²) >= 11 is 0.00694. The van der Waals surface area contributed by atoms with E-state index in [1.165, 1.54) is 0 Å². The first-order valence-electron chi connectivity index (χ1n) is 6.74. The molecule has 0 aromatic rings. The van der Waals surface area contributed by atoms with Gasteiger partial charge in [-0.15, -0.1) is 0 Å². The summed E-state index contributed by atoms with van der Waals surface area (Å²) in [4.78, 5) is 0. The van der Waals surface area contributed by atoms with Gasteiger partial charge < -0.3 is 26.6 Å². The molecule has 0 aromatic carbocycles. The van der Waals surface area contributed by atoms with Gasteiger partial charge in [0.05, 0.1) is 0 Å². The molecular formula is C11H27Cl2MnN5. The Bertz CT molecular complexity index is 163. The molecule has 1 heterocycles. The van der Waals surface area contributed by atoms with Crippen LogP contribution in [0.4, 0.5) is 0 Å². The van der Waals surface area contributed by atoms with Gasteiger partial charge in [-0.3, -0.25) is 0 Å². The van der Waals surface area contributed by atoms with E-state index in [0.717, 1.165) is 58.9 Å². The molecule has 1 aliphatic heterocycles. The van der Waals surface area contributed by atoms with E-state index in [9.17, 15) is 0 Å². The molecule has 8 heteroatoms. The van der Waals surface area contributed by atoms with Crippen LogP contribution in [0.3, 0.4) is 0 Å². The van der Waals surface area contributed by atoms with Gasteiger partial charge in [-0.1, -0.05) is 0 Å². The summed E-state index contributed by atoms with van der Waals surface area (Å²) in [6, 6.07) is 0.546. The molecule has 1 unspecified atom stereocenters. The van der Waals surface area contributed by atoms with Crippen LogP contribution < -0.4 is 26.6 Å². The number of halogens is 2. The number of rotatable bonds is 0. The van der Waals surface area contributed by atoms with E-state index < -0.39 is 0 Å². The molecule has 0 bridgehead atoms. The molecule has 0 amide bonds. The normalized spacial score (nSPS) is 24.5. The molecule has 117 valence electrons. The van der Waals surface area contributed by atoms with E-state index in [0.29, 0.717) is 6.04 Å². The topological polar surface area (TPSA) is 60.1 Å². The fourth-order valence-electron chi connectivity index (χ4n) is 1.70. The van der Waals surface area contributed by atoms with E-state index in [2.05, 4.69) is 33.5 Å². The van der Waals surface area contributed by atoms with E-state index >= 15 is 0 Å². The van der Waals surface area contributed by atoms with Gasteiger partial charge >= 0.3 is 33.3 Å². The van der Waals surface area contributed by atoms with Crippen LogP contribution in [0, 0.1) is 0 Å². The third kappa shape index (κ3) is 16.8. The Morgan fingerprint density at radius 2 is 1.11 bits per heavy atom. The summed E-state index contributed by atoms with van der Waals surface area (Å²) in [5.41, 5.74) is 0. The van der Waals surface area contributed by atoms with Crippen molar-refractivity contribution in [3.8, 4) is 0 Å². The molecule has 0 aromatic heterocycles. The predicted molar refractivity (Wildman–Crippen MR) is 80.6 cm³/mol. The van der Waals surface area contributed by atoms with Crippen LogP contribution in [0.5, 0.6) is 0 Å². The van der Waals surface area contributed by atoms with Gasteiger partial charge in [-0.25, -0.2) is 0 Å². The predicted octanol–water partition coefficient (Wildman–Crippen LogP) is -0.287.